The van der Waals surface area contributed by atoms with Crippen LogP contribution in [0, 0.1) is 5.92 Å². The summed E-state index contributed by atoms with van der Waals surface area (Å²) in [5.41, 5.74) is 2.67. The molecule has 1 N–H and O–H groups in total. The van der Waals surface area contributed by atoms with Gasteiger partial charge < -0.3 is 10.2 Å². The third-order valence-corrected chi connectivity index (χ3v) is 5.92. The Morgan fingerprint density at radius 1 is 1.28 bits per heavy atom. The van der Waals surface area contributed by atoms with Crippen molar-refractivity contribution in [1.29, 1.82) is 0 Å². The fourth-order valence-corrected chi connectivity index (χ4v) is 4.68. The third-order valence-electron chi connectivity index (χ3n) is 5.92. The van der Waals surface area contributed by atoms with E-state index in [0.29, 0.717) is 5.92 Å². The molecule has 1 aliphatic carbocycles. The quantitative estimate of drug-likeness (QED) is 0.845. The van der Waals surface area contributed by atoms with Gasteiger partial charge in [-0.15, -0.1) is 0 Å². The first-order valence-corrected chi connectivity index (χ1v) is 10.6. The molecule has 6 nitrogen and oxygen atoms in total. The van der Waals surface area contributed by atoms with E-state index in [0.717, 1.165) is 36.3 Å². The molecular formula is C23H31N5O. The molecule has 1 saturated heterocycles. The van der Waals surface area contributed by atoms with Gasteiger partial charge in [0.25, 0.3) is 0 Å². The first kappa shape index (κ1) is 18.6. The van der Waals surface area contributed by atoms with Gasteiger partial charge in [-0.05, 0) is 52.3 Å². The molecular weight excluding hydrogens is 362 g/mol. The summed E-state index contributed by atoms with van der Waals surface area (Å²) in [5.74, 6) is -1.50. The zero-order chi connectivity index (χ0) is 21.5. The second kappa shape index (κ2) is 8.11. The monoisotopic (exact) mass is 394 g/mol. The molecule has 29 heavy (non-hydrogen) atoms. The van der Waals surface area contributed by atoms with Gasteiger partial charge >= 0.3 is 0 Å². The van der Waals surface area contributed by atoms with Crippen molar-refractivity contribution >= 4 is 11.4 Å². The summed E-state index contributed by atoms with van der Waals surface area (Å²) in [5, 5.41) is 7.90. The van der Waals surface area contributed by atoms with E-state index in [1.54, 1.807) is 6.20 Å². The molecule has 0 aromatic carbocycles. The van der Waals surface area contributed by atoms with Crippen LogP contribution in [0.2, 0.25) is 0 Å². The first-order chi connectivity index (χ1) is 14.3. The summed E-state index contributed by atoms with van der Waals surface area (Å²) < 4.78 is 11.4. The standard InChI is InChI=1S/C23H31N5O/c1-15(2)27(16(3)4)23(29)19-8-6-5-7-18(19)20-11-21(17-9-10-24-12-17)28-22(20)13-25-14-26-28/h5-8,11,13-19,24H,9-10,12H2,1-4H3/i18D. The van der Waals surface area contributed by atoms with E-state index in [1.807, 2.05) is 61.4 Å². The van der Waals surface area contributed by atoms with Crippen LogP contribution in [0.15, 0.2) is 42.9 Å². The molecule has 0 radical (unpaired) electrons. The lowest BCUT2D eigenvalue weighted by atomic mass is 9.81. The number of hydrogen-bond donors (Lipinski definition) is 1. The van der Waals surface area contributed by atoms with E-state index in [4.69, 9.17) is 0 Å². The number of hydrogen-bond acceptors (Lipinski definition) is 4. The second-order valence-corrected chi connectivity index (χ2v) is 8.49. The molecule has 0 spiro atoms. The van der Waals surface area contributed by atoms with Gasteiger partial charge in [0.15, 0.2) is 0 Å². The van der Waals surface area contributed by atoms with Crippen molar-refractivity contribution in [2.24, 2.45) is 5.92 Å². The van der Waals surface area contributed by atoms with Crippen molar-refractivity contribution in [3.8, 4) is 0 Å². The fraction of sp³-hybridized carbons (Fsp3) is 0.522. The number of amides is 1. The van der Waals surface area contributed by atoms with Crippen LogP contribution in [-0.4, -0.2) is 50.6 Å². The van der Waals surface area contributed by atoms with Crippen LogP contribution >= 0.6 is 0 Å². The predicted molar refractivity (Wildman–Crippen MR) is 115 cm³/mol. The Morgan fingerprint density at radius 2 is 2.03 bits per heavy atom. The molecule has 6 heteroatoms. The normalized spacial score (nSPS) is 27.2. The molecule has 3 heterocycles. The van der Waals surface area contributed by atoms with Gasteiger partial charge in [-0.1, -0.05) is 24.3 Å². The minimum absolute atomic E-state index is 0.0177. The zero-order valence-corrected chi connectivity index (χ0v) is 17.7. The van der Waals surface area contributed by atoms with Gasteiger partial charge in [-0.25, -0.2) is 9.50 Å². The van der Waals surface area contributed by atoms with Crippen molar-refractivity contribution in [1.82, 2.24) is 24.8 Å². The van der Waals surface area contributed by atoms with Crippen LogP contribution in [0.1, 0.15) is 58.6 Å². The number of fused-ring (bicyclic) bond motifs is 1. The van der Waals surface area contributed by atoms with E-state index < -0.39 is 11.8 Å². The van der Waals surface area contributed by atoms with Crippen LogP contribution in [0.5, 0.6) is 0 Å². The molecule has 154 valence electrons. The van der Waals surface area contributed by atoms with Crippen LogP contribution in [0.3, 0.4) is 0 Å². The number of rotatable bonds is 5. The minimum atomic E-state index is -1.21. The molecule has 1 fully saturated rings. The Labute approximate surface area is 174 Å². The van der Waals surface area contributed by atoms with Gasteiger partial charge in [-0.2, -0.15) is 5.10 Å². The molecule has 1 aliphatic heterocycles. The van der Waals surface area contributed by atoms with Crippen LogP contribution in [0.4, 0.5) is 0 Å². The zero-order valence-electron chi connectivity index (χ0n) is 18.7. The SMILES string of the molecule is [2H]C1(c2cc(C3CCNC3)n3ncncc23)C=CC=CC1C(=O)N(C(C)C)C(C)C. The average Bonchev–Trinajstić information content (AvgIpc) is 3.35. The Hall–Kier alpha value is -2.47. The van der Waals surface area contributed by atoms with Crippen LogP contribution in [0.25, 0.3) is 5.52 Å². The number of carbonyl (C=O) groups is 1. The minimum Gasteiger partial charge on any atom is -0.337 e. The van der Waals surface area contributed by atoms with E-state index in [-0.39, 0.29) is 18.0 Å². The van der Waals surface area contributed by atoms with Crippen molar-refractivity contribution in [2.45, 2.75) is 58.0 Å². The number of aromatic nitrogens is 3. The third kappa shape index (κ3) is 3.62. The maximum atomic E-state index is 13.6. The summed E-state index contributed by atoms with van der Waals surface area (Å²) in [6, 6.07) is 2.21. The Balaban J connectivity index is 1.83. The summed E-state index contributed by atoms with van der Waals surface area (Å²) in [6.45, 7) is 9.98. The highest BCUT2D eigenvalue weighted by atomic mass is 16.2. The lowest BCUT2D eigenvalue weighted by Gasteiger charge is -2.35. The number of nitrogens with zero attached hydrogens (tertiary/aromatic N) is 4. The molecule has 1 amide bonds. The second-order valence-electron chi connectivity index (χ2n) is 8.49. The Morgan fingerprint density at radius 3 is 2.72 bits per heavy atom. The van der Waals surface area contributed by atoms with Crippen molar-refractivity contribution < 1.29 is 6.17 Å². The highest BCUT2D eigenvalue weighted by Crippen LogP contribution is 2.38. The van der Waals surface area contributed by atoms with Crippen molar-refractivity contribution in [2.75, 3.05) is 13.1 Å². The highest BCUT2D eigenvalue weighted by molar-refractivity contribution is 5.84. The van der Waals surface area contributed by atoms with Crippen molar-refractivity contribution in [3.05, 3.63) is 54.2 Å². The predicted octanol–water partition coefficient (Wildman–Crippen LogP) is 3.28. The average molecular weight is 395 g/mol. The molecule has 2 aromatic rings. The molecule has 0 bridgehead atoms. The fourth-order valence-electron chi connectivity index (χ4n) is 4.68. The molecule has 3 unspecified atom stereocenters. The smallest absolute Gasteiger partial charge is 0.230 e. The van der Waals surface area contributed by atoms with E-state index in [2.05, 4.69) is 21.5 Å². The van der Waals surface area contributed by atoms with Crippen LogP contribution < -0.4 is 5.32 Å². The van der Waals surface area contributed by atoms with Gasteiger partial charge in [0, 0.05) is 37.5 Å². The van der Waals surface area contributed by atoms with Gasteiger partial charge in [0.2, 0.25) is 5.91 Å². The van der Waals surface area contributed by atoms with E-state index in [1.165, 1.54) is 6.33 Å². The summed E-state index contributed by atoms with van der Waals surface area (Å²) in [4.78, 5) is 19.8. The maximum Gasteiger partial charge on any atom is 0.230 e. The Bertz CT molecular complexity index is 981. The number of allylic oxidation sites excluding steroid dienone is 3. The Kier molecular flexibility index (Phi) is 5.19. The summed E-state index contributed by atoms with van der Waals surface area (Å²) >= 11 is 0. The largest absolute Gasteiger partial charge is 0.337 e. The van der Waals surface area contributed by atoms with Gasteiger partial charge in [-0.3, -0.25) is 4.79 Å². The van der Waals surface area contributed by atoms with E-state index >= 15 is 0 Å². The molecule has 0 saturated carbocycles. The van der Waals surface area contributed by atoms with Crippen LogP contribution in [-0.2, 0) is 4.79 Å². The summed E-state index contributed by atoms with van der Waals surface area (Å²) in [6.07, 6.45) is 11.8. The van der Waals surface area contributed by atoms with Gasteiger partial charge in [0.1, 0.15) is 6.33 Å². The molecule has 4 rings (SSSR count). The number of nitrogens with one attached hydrogen (secondary N) is 1. The summed E-state index contributed by atoms with van der Waals surface area (Å²) in [7, 11) is 0. The van der Waals surface area contributed by atoms with Gasteiger partial charge in [0.05, 0.1) is 17.6 Å². The lowest BCUT2D eigenvalue weighted by Crippen LogP contribution is -2.46. The molecule has 2 aliphatic rings. The topological polar surface area (TPSA) is 62.5 Å². The first-order valence-electron chi connectivity index (χ1n) is 11.1. The number of carbonyl (C=O) groups excluding carboxylic acids is 1. The van der Waals surface area contributed by atoms with E-state index in [9.17, 15) is 6.17 Å². The highest BCUT2D eigenvalue weighted by Gasteiger charge is 2.35. The molecule has 2 aromatic heterocycles. The maximum absolute atomic E-state index is 13.6. The molecule has 3 atom stereocenters. The lowest BCUT2D eigenvalue weighted by molar-refractivity contribution is -0.138. The van der Waals surface area contributed by atoms with Crippen molar-refractivity contribution in [3.63, 3.8) is 0 Å².